The first-order valence-corrected chi connectivity index (χ1v) is 3.50. The highest BCUT2D eigenvalue weighted by molar-refractivity contribution is 4.62. The van der Waals surface area contributed by atoms with E-state index in [1.165, 1.54) is 0 Å². The van der Waals surface area contributed by atoms with Crippen LogP contribution >= 0.6 is 0 Å². The van der Waals surface area contributed by atoms with Gasteiger partial charge in [-0.3, -0.25) is 5.84 Å². The van der Waals surface area contributed by atoms with Gasteiger partial charge in [0.2, 0.25) is 0 Å². The van der Waals surface area contributed by atoms with Gasteiger partial charge < -0.3 is 4.74 Å². The van der Waals surface area contributed by atoms with Gasteiger partial charge >= 0.3 is 0 Å². The molecule has 1 aliphatic heterocycles. The first kappa shape index (κ1) is 6.99. The van der Waals surface area contributed by atoms with Crippen molar-refractivity contribution < 1.29 is 10.6 Å². The Morgan fingerprint density at radius 2 is 2.56 bits per heavy atom. The van der Waals surface area contributed by atoms with Crippen molar-refractivity contribution in [2.75, 3.05) is 19.7 Å². The van der Waals surface area contributed by atoms with E-state index in [0.717, 1.165) is 26.1 Å². The van der Waals surface area contributed by atoms with Gasteiger partial charge in [0.15, 0.2) is 0 Å². The van der Waals surface area contributed by atoms with Gasteiger partial charge in [0, 0.05) is 0 Å². The third-order valence-electron chi connectivity index (χ3n) is 1.68. The Labute approximate surface area is 55.7 Å². The topological polar surface area (TPSA) is 40.1 Å². The van der Waals surface area contributed by atoms with Crippen LogP contribution in [0, 0.1) is 0 Å². The van der Waals surface area contributed by atoms with Crippen LogP contribution in [0.25, 0.3) is 0 Å². The maximum absolute atomic E-state index is 5.42. The van der Waals surface area contributed by atoms with E-state index in [1.807, 2.05) is 0 Å². The molecule has 1 rings (SSSR count). The van der Waals surface area contributed by atoms with E-state index in [-0.39, 0.29) is 0 Å². The van der Waals surface area contributed by atoms with Crippen LogP contribution in [0.15, 0.2) is 0 Å². The summed E-state index contributed by atoms with van der Waals surface area (Å²) in [4.78, 5) is 0. The zero-order valence-electron chi connectivity index (χ0n) is 5.97. The zero-order chi connectivity index (χ0) is 6.69. The van der Waals surface area contributed by atoms with Crippen LogP contribution < -0.4 is 5.84 Å². The molecule has 1 aliphatic rings. The predicted octanol–water partition coefficient (Wildman–Crippen LogP) is -0.746. The van der Waals surface area contributed by atoms with E-state index in [9.17, 15) is 0 Å². The maximum Gasteiger partial charge on any atom is 0.0751 e. The second-order valence-electron chi connectivity index (χ2n) is 2.48. The summed E-state index contributed by atoms with van der Waals surface area (Å²) >= 11 is 0. The van der Waals surface area contributed by atoms with E-state index < -0.39 is 0 Å². The number of morpholine rings is 1. The van der Waals surface area contributed by atoms with E-state index in [1.54, 1.807) is 0 Å². The van der Waals surface area contributed by atoms with Gasteiger partial charge in [-0.1, -0.05) is 6.92 Å². The molecule has 0 aliphatic carbocycles. The van der Waals surface area contributed by atoms with E-state index >= 15 is 0 Å². The number of hydrogen-bond acceptors (Lipinski definition) is 2. The van der Waals surface area contributed by atoms with Crippen molar-refractivity contribution in [2.24, 2.45) is 0 Å². The van der Waals surface area contributed by atoms with Crippen LogP contribution in [0.2, 0.25) is 0 Å². The van der Waals surface area contributed by atoms with Crippen LogP contribution in [0.5, 0.6) is 0 Å². The van der Waals surface area contributed by atoms with Crippen LogP contribution in [0.3, 0.4) is 0 Å². The van der Waals surface area contributed by atoms with Crippen molar-refractivity contribution in [2.45, 2.75) is 19.4 Å². The Morgan fingerprint density at radius 1 is 1.78 bits per heavy atom. The average molecular weight is 131 g/mol. The molecule has 1 saturated heterocycles. The highest BCUT2D eigenvalue weighted by atomic mass is 16.5. The second kappa shape index (κ2) is 3.15. The van der Waals surface area contributed by atoms with Gasteiger partial charge in [-0.2, -0.15) is 5.01 Å². The van der Waals surface area contributed by atoms with Crippen LogP contribution in [-0.4, -0.2) is 30.8 Å². The summed E-state index contributed by atoms with van der Waals surface area (Å²) in [6, 6.07) is 0. The zero-order valence-corrected chi connectivity index (χ0v) is 5.97. The maximum atomic E-state index is 5.42. The fourth-order valence-electron chi connectivity index (χ4n) is 1.03. The highest BCUT2D eigenvalue weighted by Gasteiger charge is 2.17. The Hall–Kier alpha value is -0.120. The Bertz CT molecular complexity index is 87.1. The number of ether oxygens (including phenoxy) is 1. The quantitative estimate of drug-likeness (QED) is 0.509. The van der Waals surface area contributed by atoms with Gasteiger partial charge in [0.05, 0.1) is 25.8 Å². The summed E-state index contributed by atoms with van der Waals surface area (Å²) < 4.78 is 5.42. The minimum Gasteiger partial charge on any atom is -0.375 e. The standard InChI is InChI=1S/C6H14N2O/c1-2-6-5-8(7)3-4-9-6/h6H,2-5,7H2,1H3/p+1. The first-order chi connectivity index (χ1) is 4.33. The normalized spacial score (nSPS) is 30.7. The van der Waals surface area contributed by atoms with Crippen LogP contribution in [-0.2, 0) is 4.74 Å². The second-order valence-corrected chi connectivity index (χ2v) is 2.48. The van der Waals surface area contributed by atoms with Gasteiger partial charge in [-0.15, -0.1) is 0 Å². The molecule has 0 radical (unpaired) electrons. The lowest BCUT2D eigenvalue weighted by Crippen LogP contribution is -2.71. The molecule has 1 heterocycles. The summed E-state index contributed by atoms with van der Waals surface area (Å²) in [5, 5.41) is 2.07. The molecule has 54 valence electrons. The molecule has 0 aromatic carbocycles. The minimum atomic E-state index is 0.427. The molecule has 0 saturated carbocycles. The molecule has 0 spiro atoms. The molecule has 9 heavy (non-hydrogen) atoms. The molecular weight excluding hydrogens is 116 g/mol. The van der Waals surface area contributed by atoms with Gasteiger partial charge in [0.1, 0.15) is 0 Å². The SMILES string of the molecule is CCC1CN([NH3+])CCO1. The lowest BCUT2D eigenvalue weighted by molar-refractivity contribution is -0.583. The number of nitrogens with zero attached hydrogens (tertiary/aromatic N) is 1. The molecule has 3 N–H and O–H groups in total. The molecular formula is C6H15N2O+. The van der Waals surface area contributed by atoms with Crippen molar-refractivity contribution in [3.63, 3.8) is 0 Å². The summed E-state index contributed by atoms with van der Waals surface area (Å²) in [6.07, 6.45) is 1.53. The van der Waals surface area contributed by atoms with E-state index in [2.05, 4.69) is 17.8 Å². The molecule has 0 aromatic heterocycles. The predicted molar refractivity (Wildman–Crippen MR) is 34.5 cm³/mol. The van der Waals surface area contributed by atoms with Crippen molar-refractivity contribution >= 4 is 0 Å². The summed E-state index contributed by atoms with van der Waals surface area (Å²) in [7, 11) is 0. The molecule has 3 heteroatoms. The third kappa shape index (κ3) is 1.93. The molecule has 0 amide bonds. The highest BCUT2D eigenvalue weighted by Crippen LogP contribution is 2.02. The number of quaternary nitrogens is 1. The third-order valence-corrected chi connectivity index (χ3v) is 1.68. The molecule has 1 unspecified atom stereocenters. The number of hydrogen-bond donors (Lipinski definition) is 1. The van der Waals surface area contributed by atoms with Gasteiger partial charge in [-0.05, 0) is 6.42 Å². The molecule has 0 aromatic rings. The molecule has 1 fully saturated rings. The van der Waals surface area contributed by atoms with Crippen LogP contribution in [0.1, 0.15) is 13.3 Å². The Balaban J connectivity index is 2.23. The van der Waals surface area contributed by atoms with E-state index in [4.69, 9.17) is 4.74 Å². The van der Waals surface area contributed by atoms with Crippen molar-refractivity contribution in [1.82, 2.24) is 5.01 Å². The average Bonchev–Trinajstić information content (AvgIpc) is 1.88. The van der Waals surface area contributed by atoms with Crippen molar-refractivity contribution in [3.05, 3.63) is 0 Å². The molecule has 0 bridgehead atoms. The number of rotatable bonds is 1. The summed E-state index contributed by atoms with van der Waals surface area (Å²) in [5.41, 5.74) is 0. The van der Waals surface area contributed by atoms with E-state index in [0.29, 0.717) is 6.10 Å². The minimum absolute atomic E-state index is 0.427. The van der Waals surface area contributed by atoms with Gasteiger partial charge in [0.25, 0.3) is 0 Å². The monoisotopic (exact) mass is 131 g/mol. The fourth-order valence-corrected chi connectivity index (χ4v) is 1.03. The Morgan fingerprint density at radius 3 is 3.00 bits per heavy atom. The van der Waals surface area contributed by atoms with Crippen LogP contribution in [0.4, 0.5) is 0 Å². The summed E-state index contributed by atoms with van der Waals surface area (Å²) in [6.45, 7) is 4.97. The first-order valence-electron chi connectivity index (χ1n) is 3.50. The lowest BCUT2D eigenvalue weighted by atomic mass is 10.2. The molecule has 1 atom stereocenters. The molecule has 3 nitrogen and oxygen atoms in total. The van der Waals surface area contributed by atoms with Gasteiger partial charge in [-0.25, -0.2) is 0 Å². The van der Waals surface area contributed by atoms with Crippen molar-refractivity contribution in [3.8, 4) is 0 Å². The lowest BCUT2D eigenvalue weighted by Gasteiger charge is -2.25. The van der Waals surface area contributed by atoms with Crippen molar-refractivity contribution in [1.29, 1.82) is 0 Å². The summed E-state index contributed by atoms with van der Waals surface area (Å²) in [5.74, 6) is 3.85. The fraction of sp³-hybridized carbons (Fsp3) is 1.00. The smallest absolute Gasteiger partial charge is 0.0751 e. The Kier molecular flexibility index (Phi) is 2.45. The largest absolute Gasteiger partial charge is 0.375 e.